The lowest BCUT2D eigenvalue weighted by molar-refractivity contribution is 0.339. The minimum Gasteiger partial charge on any atom is -0.404 e. The van der Waals surface area contributed by atoms with Crippen LogP contribution in [0.25, 0.3) is 0 Å². The van der Waals surface area contributed by atoms with Crippen molar-refractivity contribution in [2.45, 2.75) is 25.8 Å². The molecule has 0 bridgehead atoms. The molecule has 2 aromatic carbocycles. The summed E-state index contributed by atoms with van der Waals surface area (Å²) < 4.78 is 6.70. The lowest BCUT2D eigenvalue weighted by Gasteiger charge is -2.42. The lowest BCUT2D eigenvalue weighted by Crippen LogP contribution is -2.66. The molecule has 0 aromatic heterocycles. The SMILES string of the molecule is CC(C)(C)[Si](OC/C=C/C=C\CO)(c1ccccc1)c1ccccc1. The van der Waals surface area contributed by atoms with Crippen molar-refractivity contribution < 1.29 is 9.53 Å². The molecule has 0 radical (unpaired) electrons. The van der Waals surface area contributed by atoms with Crippen LogP contribution in [-0.4, -0.2) is 26.6 Å². The molecule has 0 spiro atoms. The lowest BCUT2D eigenvalue weighted by atomic mass is 10.2. The summed E-state index contributed by atoms with van der Waals surface area (Å²) in [5, 5.41) is 11.4. The topological polar surface area (TPSA) is 29.5 Å². The second-order valence-corrected chi connectivity index (χ2v) is 11.3. The van der Waals surface area contributed by atoms with E-state index >= 15 is 0 Å². The highest BCUT2D eigenvalue weighted by Crippen LogP contribution is 2.36. The summed E-state index contributed by atoms with van der Waals surface area (Å²) in [5.74, 6) is 0. The summed E-state index contributed by atoms with van der Waals surface area (Å²) in [7, 11) is -2.44. The van der Waals surface area contributed by atoms with Crippen molar-refractivity contribution in [2.75, 3.05) is 13.2 Å². The Morgan fingerprint density at radius 1 is 0.840 bits per heavy atom. The Morgan fingerprint density at radius 2 is 1.32 bits per heavy atom. The van der Waals surface area contributed by atoms with Gasteiger partial charge in [-0.1, -0.05) is 106 Å². The van der Waals surface area contributed by atoms with Gasteiger partial charge in [-0.25, -0.2) is 0 Å². The van der Waals surface area contributed by atoms with Crippen molar-refractivity contribution >= 4 is 18.7 Å². The van der Waals surface area contributed by atoms with Crippen LogP contribution in [0.1, 0.15) is 20.8 Å². The van der Waals surface area contributed by atoms with Gasteiger partial charge in [0, 0.05) is 0 Å². The summed E-state index contributed by atoms with van der Waals surface area (Å²) in [4.78, 5) is 0. The van der Waals surface area contributed by atoms with Gasteiger partial charge in [0.05, 0.1) is 13.2 Å². The summed E-state index contributed by atoms with van der Waals surface area (Å²) in [6.07, 6.45) is 7.48. The highest BCUT2D eigenvalue weighted by molar-refractivity contribution is 6.99. The van der Waals surface area contributed by atoms with Gasteiger partial charge in [0.2, 0.25) is 0 Å². The zero-order valence-electron chi connectivity index (χ0n) is 15.4. The number of hydrogen-bond acceptors (Lipinski definition) is 2. The largest absolute Gasteiger partial charge is 0.404 e. The molecule has 132 valence electrons. The van der Waals surface area contributed by atoms with Crippen LogP contribution in [0.3, 0.4) is 0 Å². The molecule has 0 unspecified atom stereocenters. The van der Waals surface area contributed by atoms with E-state index in [1.54, 1.807) is 6.08 Å². The van der Waals surface area contributed by atoms with E-state index in [9.17, 15) is 0 Å². The van der Waals surface area contributed by atoms with Gasteiger partial charge in [0.15, 0.2) is 0 Å². The molecular formula is C22H28O2Si. The first-order valence-corrected chi connectivity index (χ1v) is 10.6. The molecule has 2 aromatic rings. The van der Waals surface area contributed by atoms with E-state index in [0.717, 1.165) is 0 Å². The Kier molecular flexibility index (Phi) is 6.94. The van der Waals surface area contributed by atoms with Gasteiger partial charge < -0.3 is 9.53 Å². The predicted octanol–water partition coefficient (Wildman–Crippen LogP) is 3.67. The fourth-order valence-electron chi connectivity index (χ4n) is 3.21. The average molecular weight is 353 g/mol. The van der Waals surface area contributed by atoms with Crippen LogP contribution >= 0.6 is 0 Å². The van der Waals surface area contributed by atoms with Gasteiger partial charge in [-0.2, -0.15) is 0 Å². The Bertz CT molecular complexity index is 645. The third-order valence-electron chi connectivity index (χ3n) is 4.30. The third-order valence-corrected chi connectivity index (χ3v) is 9.31. The molecule has 0 atom stereocenters. The first kappa shape index (κ1) is 19.4. The van der Waals surface area contributed by atoms with Crippen LogP contribution in [0.15, 0.2) is 85.0 Å². The van der Waals surface area contributed by atoms with E-state index in [4.69, 9.17) is 9.53 Å². The fourth-order valence-corrected chi connectivity index (χ4v) is 7.71. The van der Waals surface area contributed by atoms with E-state index in [-0.39, 0.29) is 11.6 Å². The smallest absolute Gasteiger partial charge is 0.261 e. The summed E-state index contributed by atoms with van der Waals surface area (Å²) in [6.45, 7) is 7.42. The molecular weight excluding hydrogens is 324 g/mol. The quantitative estimate of drug-likeness (QED) is 0.609. The van der Waals surface area contributed by atoms with Gasteiger partial charge >= 0.3 is 0 Å². The molecule has 1 N–H and O–H groups in total. The maximum Gasteiger partial charge on any atom is 0.261 e. The maximum atomic E-state index is 8.81. The number of aliphatic hydroxyl groups is 1. The Hall–Kier alpha value is -1.94. The minimum atomic E-state index is -2.44. The second-order valence-electron chi connectivity index (χ2n) is 7.01. The van der Waals surface area contributed by atoms with Crippen LogP contribution in [0.2, 0.25) is 5.04 Å². The molecule has 2 nitrogen and oxygen atoms in total. The Balaban J connectivity index is 2.46. The zero-order chi connectivity index (χ0) is 18.2. The standard InChI is InChI=1S/C22H28O2Si/c1-22(2,3)25(20-14-8-6-9-15-20,21-16-10-7-11-17-21)24-19-13-5-4-12-18-23/h4-17,23H,18-19H2,1-3H3/b12-4-,13-5+. The second kappa shape index (κ2) is 8.95. The van der Waals surface area contributed by atoms with E-state index < -0.39 is 8.32 Å². The van der Waals surface area contributed by atoms with Crippen LogP contribution < -0.4 is 10.4 Å². The van der Waals surface area contributed by atoms with Crippen molar-refractivity contribution in [2.24, 2.45) is 0 Å². The predicted molar refractivity (Wildman–Crippen MR) is 109 cm³/mol. The summed E-state index contributed by atoms with van der Waals surface area (Å²) in [6, 6.07) is 21.2. The average Bonchev–Trinajstić information content (AvgIpc) is 2.62. The first-order valence-electron chi connectivity index (χ1n) is 8.70. The molecule has 0 saturated carbocycles. The third kappa shape index (κ3) is 4.57. The fraction of sp³-hybridized carbons (Fsp3) is 0.273. The van der Waals surface area contributed by atoms with Gasteiger partial charge in [-0.15, -0.1) is 0 Å². The molecule has 0 amide bonds. The van der Waals surface area contributed by atoms with E-state index in [0.29, 0.717) is 6.61 Å². The molecule has 0 fully saturated rings. The molecule has 3 heteroatoms. The normalized spacial score (nSPS) is 13.0. The molecule has 0 saturated heterocycles. The van der Waals surface area contributed by atoms with Crippen LogP contribution in [0.5, 0.6) is 0 Å². The number of aliphatic hydroxyl groups excluding tert-OH is 1. The monoisotopic (exact) mass is 352 g/mol. The van der Waals surface area contributed by atoms with Gasteiger partial charge in [-0.05, 0) is 15.4 Å². The Labute approximate surface area is 152 Å². The first-order chi connectivity index (χ1) is 12.0. The molecule has 25 heavy (non-hydrogen) atoms. The highest BCUT2D eigenvalue weighted by atomic mass is 28.4. The number of rotatable bonds is 7. The van der Waals surface area contributed by atoms with Crippen LogP contribution in [-0.2, 0) is 4.43 Å². The number of hydrogen-bond donors (Lipinski definition) is 1. The summed E-state index contributed by atoms with van der Waals surface area (Å²) in [5.41, 5.74) is 0. The van der Waals surface area contributed by atoms with Gasteiger partial charge in [-0.3, -0.25) is 0 Å². The van der Waals surface area contributed by atoms with Crippen molar-refractivity contribution in [3.63, 3.8) is 0 Å². The molecule has 0 aliphatic rings. The van der Waals surface area contributed by atoms with Crippen LogP contribution in [0.4, 0.5) is 0 Å². The highest BCUT2D eigenvalue weighted by Gasteiger charge is 2.49. The number of allylic oxidation sites excluding steroid dienone is 2. The molecule has 0 aliphatic carbocycles. The van der Waals surface area contributed by atoms with Gasteiger partial charge in [0.1, 0.15) is 0 Å². The van der Waals surface area contributed by atoms with E-state index in [1.807, 2.05) is 18.2 Å². The molecule has 2 rings (SSSR count). The molecule has 0 aliphatic heterocycles. The number of benzene rings is 2. The van der Waals surface area contributed by atoms with Crippen molar-refractivity contribution in [1.29, 1.82) is 0 Å². The minimum absolute atomic E-state index is 0.00944. The van der Waals surface area contributed by atoms with E-state index in [1.165, 1.54) is 10.4 Å². The van der Waals surface area contributed by atoms with Crippen molar-refractivity contribution in [3.8, 4) is 0 Å². The Morgan fingerprint density at radius 3 is 1.76 bits per heavy atom. The maximum absolute atomic E-state index is 8.81. The summed E-state index contributed by atoms with van der Waals surface area (Å²) >= 11 is 0. The van der Waals surface area contributed by atoms with Gasteiger partial charge in [0.25, 0.3) is 8.32 Å². The zero-order valence-corrected chi connectivity index (χ0v) is 16.4. The molecule has 0 heterocycles. The van der Waals surface area contributed by atoms with Crippen molar-refractivity contribution in [1.82, 2.24) is 0 Å². The van der Waals surface area contributed by atoms with Crippen LogP contribution in [0, 0.1) is 0 Å². The van der Waals surface area contributed by atoms with Crippen molar-refractivity contribution in [3.05, 3.63) is 85.0 Å². The van der Waals surface area contributed by atoms with E-state index in [2.05, 4.69) is 81.4 Å².